The second-order valence-corrected chi connectivity index (χ2v) is 79.8. The largest absolute Gasteiger partial charge is 0.0967 e. The van der Waals surface area contributed by atoms with Crippen molar-refractivity contribution in [2.75, 3.05) is 0 Å². The summed E-state index contributed by atoms with van der Waals surface area (Å²) in [6, 6.07) is 17.6. The van der Waals surface area contributed by atoms with Crippen LogP contribution in [-0.4, -0.2) is 43.6 Å². The lowest BCUT2D eigenvalue weighted by Gasteiger charge is -2.61. The summed E-state index contributed by atoms with van der Waals surface area (Å²) in [5.41, 5.74) is 8.07. The van der Waals surface area contributed by atoms with Crippen LogP contribution in [0.1, 0.15) is 11.1 Å². The Hall–Kier alpha value is 0.181. The molecule has 2 aromatic carbocycles. The van der Waals surface area contributed by atoms with Crippen LogP contribution in [0, 0.1) is 0 Å². The standard InChI is InChI=1S/C28H48Br2Si6/c1-31(2,23-21-25-13-17-27(29)18-14-25)33(5,6)35(9,10)36(11,12)34(7,8)32(3,4)24-22-26-15-19-28(30)20-16-26/h13-24H,1-12H3/b23-21+,24-22+. The Morgan fingerprint density at radius 2 is 0.667 bits per heavy atom. The summed E-state index contributed by atoms with van der Waals surface area (Å²) >= 11 is 7.16. The van der Waals surface area contributed by atoms with Crippen molar-refractivity contribution in [3.63, 3.8) is 0 Å². The average Bonchev–Trinajstić information content (AvgIpc) is 2.77. The van der Waals surface area contributed by atoms with Gasteiger partial charge < -0.3 is 0 Å². The van der Waals surface area contributed by atoms with Gasteiger partial charge in [0.1, 0.15) is 0 Å². The first kappa shape index (κ1) is 32.4. The van der Waals surface area contributed by atoms with Crippen LogP contribution in [0.4, 0.5) is 0 Å². The Kier molecular flexibility index (Phi) is 10.2. The molecule has 8 heteroatoms. The molecule has 0 nitrogen and oxygen atoms in total. The molecule has 2 rings (SSSR count). The zero-order valence-electron chi connectivity index (χ0n) is 24.7. The van der Waals surface area contributed by atoms with E-state index in [0.717, 1.165) is 8.95 Å². The molecular weight excluding hydrogens is 665 g/mol. The Labute approximate surface area is 244 Å². The van der Waals surface area contributed by atoms with Gasteiger partial charge in [-0.2, -0.15) is 0 Å². The summed E-state index contributed by atoms with van der Waals surface area (Å²) in [6.07, 6.45) is 4.88. The molecule has 0 N–H and O–H groups in total. The average molecular weight is 713 g/mol. The van der Waals surface area contributed by atoms with E-state index < -0.39 is 43.6 Å². The van der Waals surface area contributed by atoms with Crippen molar-refractivity contribution in [1.29, 1.82) is 0 Å². The van der Waals surface area contributed by atoms with Crippen LogP contribution < -0.4 is 0 Å². The first-order valence-corrected chi connectivity index (χ1v) is 37.8. The highest BCUT2D eigenvalue weighted by molar-refractivity contribution is 9.10. The first-order valence-electron chi connectivity index (χ1n) is 13.1. The van der Waals surface area contributed by atoms with Crippen molar-refractivity contribution >= 4 is 87.6 Å². The molecule has 36 heavy (non-hydrogen) atoms. The van der Waals surface area contributed by atoms with Gasteiger partial charge in [-0.3, -0.25) is 0 Å². The number of benzene rings is 2. The zero-order valence-corrected chi connectivity index (χ0v) is 33.9. The molecule has 2 aromatic rings. The molecule has 0 aliphatic carbocycles. The Morgan fingerprint density at radius 1 is 0.417 bits per heavy atom. The van der Waals surface area contributed by atoms with Crippen LogP contribution in [0.15, 0.2) is 68.9 Å². The lowest BCUT2D eigenvalue weighted by Crippen LogP contribution is -2.87. The molecule has 0 bridgehead atoms. The zero-order chi connectivity index (χ0) is 27.8. The van der Waals surface area contributed by atoms with Crippen molar-refractivity contribution in [1.82, 2.24) is 0 Å². The third-order valence-electron chi connectivity index (χ3n) is 11.0. The molecule has 0 aliphatic rings. The highest BCUT2D eigenvalue weighted by atomic mass is 79.9. The van der Waals surface area contributed by atoms with Gasteiger partial charge in [-0.15, -0.1) is 0 Å². The smallest absolute Gasteiger partial charge is 0.0620 e. The van der Waals surface area contributed by atoms with Gasteiger partial charge >= 0.3 is 0 Å². The summed E-state index contributed by atoms with van der Waals surface area (Å²) in [4.78, 5) is 0. The van der Waals surface area contributed by atoms with Crippen LogP contribution in [0.5, 0.6) is 0 Å². The predicted octanol–water partition coefficient (Wildman–Crippen LogP) is 10.7. The van der Waals surface area contributed by atoms with Crippen molar-refractivity contribution in [3.05, 3.63) is 80.0 Å². The van der Waals surface area contributed by atoms with E-state index in [1.807, 2.05) is 0 Å². The van der Waals surface area contributed by atoms with Crippen LogP contribution >= 0.6 is 31.9 Å². The van der Waals surface area contributed by atoms with Crippen molar-refractivity contribution in [3.8, 4) is 0 Å². The first-order chi connectivity index (χ1) is 16.2. The minimum Gasteiger partial charge on any atom is -0.0967 e. The van der Waals surface area contributed by atoms with Gasteiger partial charge in [0.05, 0.1) is 15.2 Å². The van der Waals surface area contributed by atoms with Gasteiger partial charge in [0, 0.05) is 37.4 Å². The van der Waals surface area contributed by atoms with E-state index in [0.29, 0.717) is 0 Å². The Bertz CT molecular complexity index is 1010. The number of rotatable bonds is 9. The van der Waals surface area contributed by atoms with Gasteiger partial charge in [0.25, 0.3) is 0 Å². The fraction of sp³-hybridized carbons (Fsp3) is 0.429. The number of hydrogen-bond donors (Lipinski definition) is 0. The monoisotopic (exact) mass is 710 g/mol. The molecule has 0 spiro atoms. The number of halogens is 2. The van der Waals surface area contributed by atoms with Crippen molar-refractivity contribution < 1.29 is 0 Å². The summed E-state index contributed by atoms with van der Waals surface area (Å²) in [7, 11) is -8.93. The molecule has 0 aliphatic heterocycles. The highest BCUT2D eigenvalue weighted by Gasteiger charge is 2.65. The summed E-state index contributed by atoms with van der Waals surface area (Å²) in [5.74, 6) is 0. The maximum atomic E-state index is 3.58. The fourth-order valence-electron chi connectivity index (χ4n) is 5.35. The fourth-order valence-corrected chi connectivity index (χ4v) is 153. The Balaban J connectivity index is 2.43. The van der Waals surface area contributed by atoms with Gasteiger partial charge in [-0.25, -0.2) is 0 Å². The van der Waals surface area contributed by atoms with Crippen LogP contribution in [-0.2, 0) is 0 Å². The lowest BCUT2D eigenvalue weighted by atomic mass is 10.2. The normalized spacial score (nSPS) is 14.7. The topological polar surface area (TPSA) is 0 Å². The second-order valence-electron chi connectivity index (χ2n) is 13.7. The van der Waals surface area contributed by atoms with E-state index >= 15 is 0 Å². The molecule has 0 radical (unpaired) electrons. The van der Waals surface area contributed by atoms with E-state index in [2.05, 4.69) is 183 Å². The Morgan fingerprint density at radius 3 is 0.917 bits per heavy atom. The van der Waals surface area contributed by atoms with Gasteiger partial charge in [0.15, 0.2) is 0 Å². The SMILES string of the molecule is C[Si](C)(/C=C/c1ccc(Br)cc1)[Si](C)(C)[Si](C)(C)[Si](C)(C)[Si](C)(C)[Si](C)(C)/C=C/c1ccc(Br)cc1. The maximum Gasteiger partial charge on any atom is 0.0620 e. The molecule has 0 amide bonds. The third-order valence-corrected chi connectivity index (χ3v) is 130. The second kappa shape index (κ2) is 11.3. The molecule has 0 saturated carbocycles. The quantitative estimate of drug-likeness (QED) is 0.227. The van der Waals surface area contributed by atoms with Crippen LogP contribution in [0.2, 0.25) is 78.6 Å². The third kappa shape index (κ3) is 6.32. The minimum atomic E-state index is -1.53. The number of hydrogen-bond acceptors (Lipinski definition) is 0. The molecular formula is C28H48Br2Si6. The predicted molar refractivity (Wildman–Crippen MR) is 191 cm³/mol. The minimum absolute atomic E-state index is 1.15. The van der Waals surface area contributed by atoms with Crippen LogP contribution in [0.25, 0.3) is 12.2 Å². The van der Waals surface area contributed by atoms with Gasteiger partial charge in [-0.05, 0) is 35.4 Å². The molecule has 0 saturated heterocycles. The van der Waals surface area contributed by atoms with E-state index in [9.17, 15) is 0 Å². The molecule has 0 aromatic heterocycles. The van der Waals surface area contributed by atoms with Crippen LogP contribution in [0.3, 0.4) is 0 Å². The van der Waals surface area contributed by atoms with E-state index in [1.54, 1.807) is 0 Å². The molecule has 0 fully saturated rings. The molecule has 0 heterocycles. The summed E-state index contributed by atoms with van der Waals surface area (Å²) < 4.78 is 2.31. The summed E-state index contributed by atoms with van der Waals surface area (Å²) in [5, 5.41) is 0. The van der Waals surface area contributed by atoms with Crippen molar-refractivity contribution in [2.45, 2.75) is 78.6 Å². The maximum absolute atomic E-state index is 3.58. The van der Waals surface area contributed by atoms with Crippen molar-refractivity contribution in [2.24, 2.45) is 0 Å². The molecule has 198 valence electrons. The molecule has 0 atom stereocenters. The van der Waals surface area contributed by atoms with E-state index in [1.165, 1.54) is 11.1 Å². The van der Waals surface area contributed by atoms with Gasteiger partial charge in [-0.1, -0.05) is 158 Å². The lowest BCUT2D eigenvalue weighted by molar-refractivity contribution is 1.61. The highest BCUT2D eigenvalue weighted by Crippen LogP contribution is 2.43. The van der Waals surface area contributed by atoms with E-state index in [-0.39, 0.29) is 0 Å². The van der Waals surface area contributed by atoms with Gasteiger partial charge in [0.2, 0.25) is 0 Å². The van der Waals surface area contributed by atoms with E-state index in [4.69, 9.17) is 0 Å². The molecule has 0 unspecified atom stereocenters. The summed E-state index contributed by atoms with van der Waals surface area (Å²) in [6.45, 7) is 33.2.